The number of rotatable bonds is 5. The molecule has 1 saturated heterocycles. The quantitative estimate of drug-likeness (QED) is 0.901. The average molecular weight is 338 g/mol. The third-order valence-corrected chi connectivity index (χ3v) is 4.73. The van der Waals surface area contributed by atoms with Crippen LogP contribution < -0.4 is 10.6 Å². The van der Waals surface area contributed by atoms with Crippen LogP contribution in [0.4, 0.5) is 5.82 Å². The van der Waals surface area contributed by atoms with Crippen molar-refractivity contribution in [1.29, 1.82) is 0 Å². The number of methoxy groups -OCH3 is 1. The molecule has 1 aliphatic heterocycles. The third-order valence-electron chi connectivity index (χ3n) is 4.43. The highest BCUT2D eigenvalue weighted by atomic mass is 35.5. The maximum atomic E-state index is 6.38. The number of aromatic nitrogens is 2. The lowest BCUT2D eigenvalue weighted by atomic mass is 10.1. The fraction of sp³-hybridized carbons (Fsp3) is 0.562. The van der Waals surface area contributed by atoms with E-state index >= 15 is 0 Å². The first kappa shape index (κ1) is 16.5. The lowest BCUT2D eigenvalue weighted by Gasteiger charge is -2.37. The van der Waals surface area contributed by atoms with Crippen molar-refractivity contribution in [2.24, 2.45) is 5.73 Å². The van der Waals surface area contributed by atoms with Gasteiger partial charge in [-0.1, -0.05) is 11.6 Å². The summed E-state index contributed by atoms with van der Waals surface area (Å²) in [6.07, 6.45) is 3.62. The van der Waals surface area contributed by atoms with Gasteiger partial charge in [0, 0.05) is 51.4 Å². The Hall–Kier alpha value is -1.34. The summed E-state index contributed by atoms with van der Waals surface area (Å²) in [6.45, 7) is 7.69. The van der Waals surface area contributed by atoms with Gasteiger partial charge >= 0.3 is 0 Å². The van der Waals surface area contributed by atoms with Gasteiger partial charge in [-0.2, -0.15) is 0 Å². The van der Waals surface area contributed by atoms with Gasteiger partial charge in [-0.3, -0.25) is 9.30 Å². The summed E-state index contributed by atoms with van der Waals surface area (Å²) in [5, 5.41) is 0.692. The molecule has 2 aromatic heterocycles. The zero-order valence-electron chi connectivity index (χ0n) is 13.7. The standard InChI is InChI=1S/C16H24ClN5O/c1-12(18)13-9-14(17)15-10-19-11-22(15)16(13)21-5-3-20(4-6-21)7-8-23-2/h9-12H,3-8,18H2,1-2H3. The molecule has 1 aliphatic rings. The molecule has 0 radical (unpaired) electrons. The highest BCUT2D eigenvalue weighted by Crippen LogP contribution is 2.32. The fourth-order valence-corrected chi connectivity index (χ4v) is 3.39. The van der Waals surface area contributed by atoms with Gasteiger partial charge in [0.05, 0.1) is 23.3 Å². The van der Waals surface area contributed by atoms with Gasteiger partial charge in [0.1, 0.15) is 12.1 Å². The smallest absolute Gasteiger partial charge is 0.119 e. The molecule has 0 spiro atoms. The Morgan fingerprint density at radius 3 is 2.74 bits per heavy atom. The Morgan fingerprint density at radius 2 is 2.09 bits per heavy atom. The molecule has 0 amide bonds. The van der Waals surface area contributed by atoms with Gasteiger partial charge in [0.2, 0.25) is 0 Å². The van der Waals surface area contributed by atoms with E-state index in [1.165, 1.54) is 0 Å². The van der Waals surface area contributed by atoms with Crippen LogP contribution in [-0.2, 0) is 4.74 Å². The lowest BCUT2D eigenvalue weighted by Crippen LogP contribution is -2.48. The van der Waals surface area contributed by atoms with E-state index in [4.69, 9.17) is 22.1 Å². The van der Waals surface area contributed by atoms with E-state index in [0.717, 1.165) is 56.2 Å². The van der Waals surface area contributed by atoms with Gasteiger partial charge < -0.3 is 15.4 Å². The zero-order valence-corrected chi connectivity index (χ0v) is 14.5. The molecule has 0 aromatic carbocycles. The summed E-state index contributed by atoms with van der Waals surface area (Å²) in [6, 6.07) is 1.90. The molecule has 0 aliphatic carbocycles. The number of imidazole rings is 1. The number of piperazine rings is 1. The van der Waals surface area contributed by atoms with Crippen LogP contribution in [0.3, 0.4) is 0 Å². The van der Waals surface area contributed by atoms with Gasteiger partial charge in [-0.05, 0) is 13.0 Å². The molecule has 1 fully saturated rings. The minimum absolute atomic E-state index is 0.0826. The van der Waals surface area contributed by atoms with Crippen molar-refractivity contribution in [1.82, 2.24) is 14.3 Å². The predicted molar refractivity (Wildman–Crippen MR) is 93.3 cm³/mol. The Kier molecular flexibility index (Phi) is 5.06. The van der Waals surface area contributed by atoms with E-state index in [0.29, 0.717) is 5.02 Å². The average Bonchev–Trinajstić information content (AvgIpc) is 3.03. The summed E-state index contributed by atoms with van der Waals surface area (Å²) in [5.41, 5.74) is 8.18. The number of halogens is 1. The minimum atomic E-state index is -0.0826. The molecule has 3 heterocycles. The summed E-state index contributed by atoms with van der Waals surface area (Å²) >= 11 is 6.38. The van der Waals surface area contributed by atoms with Crippen molar-refractivity contribution in [3.8, 4) is 0 Å². The van der Waals surface area contributed by atoms with Crippen LogP contribution in [0, 0.1) is 0 Å². The minimum Gasteiger partial charge on any atom is -0.383 e. The highest BCUT2D eigenvalue weighted by Gasteiger charge is 2.23. The SMILES string of the molecule is COCCN1CCN(c2c(C(C)N)cc(Cl)c3cncn23)CC1. The molecule has 126 valence electrons. The van der Waals surface area contributed by atoms with Crippen molar-refractivity contribution in [3.05, 3.63) is 29.2 Å². The summed E-state index contributed by atoms with van der Waals surface area (Å²) in [5.74, 6) is 1.11. The zero-order chi connectivity index (χ0) is 16.4. The van der Waals surface area contributed by atoms with Crippen molar-refractivity contribution in [3.63, 3.8) is 0 Å². The van der Waals surface area contributed by atoms with Gasteiger partial charge in [0.15, 0.2) is 0 Å². The highest BCUT2D eigenvalue weighted by molar-refractivity contribution is 6.34. The van der Waals surface area contributed by atoms with Crippen LogP contribution >= 0.6 is 11.6 Å². The van der Waals surface area contributed by atoms with E-state index in [1.54, 1.807) is 13.3 Å². The van der Waals surface area contributed by atoms with E-state index < -0.39 is 0 Å². The summed E-state index contributed by atoms with van der Waals surface area (Å²) in [4.78, 5) is 9.06. The molecule has 23 heavy (non-hydrogen) atoms. The number of fused-ring (bicyclic) bond motifs is 1. The number of ether oxygens (including phenoxy) is 1. The van der Waals surface area contributed by atoms with Crippen LogP contribution in [0.5, 0.6) is 0 Å². The number of anilines is 1. The lowest BCUT2D eigenvalue weighted by molar-refractivity contribution is 0.144. The monoisotopic (exact) mass is 337 g/mol. The molecule has 1 unspecified atom stereocenters. The number of pyridine rings is 1. The van der Waals surface area contributed by atoms with Crippen LogP contribution in [0.1, 0.15) is 18.5 Å². The molecule has 0 saturated carbocycles. The first-order valence-corrected chi connectivity index (χ1v) is 8.36. The Morgan fingerprint density at radius 1 is 1.35 bits per heavy atom. The number of nitrogens with zero attached hydrogens (tertiary/aromatic N) is 4. The second-order valence-electron chi connectivity index (χ2n) is 6.03. The molecule has 7 heteroatoms. The molecule has 0 bridgehead atoms. The topological polar surface area (TPSA) is 59.0 Å². The number of nitrogens with two attached hydrogens (primary N) is 1. The normalized spacial score (nSPS) is 17.8. The first-order chi connectivity index (χ1) is 11.1. The number of hydrogen-bond donors (Lipinski definition) is 1. The van der Waals surface area contributed by atoms with Crippen LogP contribution in [0.2, 0.25) is 5.02 Å². The molecule has 6 nitrogen and oxygen atoms in total. The molecule has 3 rings (SSSR count). The van der Waals surface area contributed by atoms with E-state index in [2.05, 4.69) is 19.2 Å². The van der Waals surface area contributed by atoms with Crippen molar-refractivity contribution >= 4 is 22.9 Å². The largest absolute Gasteiger partial charge is 0.383 e. The van der Waals surface area contributed by atoms with Gasteiger partial charge in [-0.25, -0.2) is 4.98 Å². The summed E-state index contributed by atoms with van der Waals surface area (Å²) < 4.78 is 7.23. The molecular formula is C16H24ClN5O. The molecule has 2 N–H and O–H groups in total. The van der Waals surface area contributed by atoms with E-state index in [9.17, 15) is 0 Å². The maximum Gasteiger partial charge on any atom is 0.119 e. The molecule has 2 aromatic rings. The maximum absolute atomic E-state index is 6.38. The van der Waals surface area contributed by atoms with Crippen LogP contribution in [0.25, 0.3) is 5.52 Å². The van der Waals surface area contributed by atoms with Crippen molar-refractivity contribution in [2.45, 2.75) is 13.0 Å². The second kappa shape index (κ2) is 7.05. The Labute approximate surface area is 141 Å². The van der Waals surface area contributed by atoms with Gasteiger partial charge in [0.25, 0.3) is 0 Å². The van der Waals surface area contributed by atoms with E-state index in [1.807, 2.05) is 19.3 Å². The van der Waals surface area contributed by atoms with E-state index in [-0.39, 0.29) is 6.04 Å². The first-order valence-electron chi connectivity index (χ1n) is 7.98. The molecular weight excluding hydrogens is 314 g/mol. The van der Waals surface area contributed by atoms with Gasteiger partial charge in [-0.15, -0.1) is 0 Å². The van der Waals surface area contributed by atoms with Crippen LogP contribution in [0.15, 0.2) is 18.6 Å². The third kappa shape index (κ3) is 3.30. The predicted octanol–water partition coefficient (Wildman–Crippen LogP) is 1.78. The summed E-state index contributed by atoms with van der Waals surface area (Å²) in [7, 11) is 1.74. The van der Waals surface area contributed by atoms with Crippen LogP contribution in [-0.4, -0.2) is 60.7 Å². The fourth-order valence-electron chi connectivity index (χ4n) is 3.13. The Bertz CT molecular complexity index is 664. The Balaban J connectivity index is 1.89. The van der Waals surface area contributed by atoms with Crippen molar-refractivity contribution < 1.29 is 4.74 Å². The molecule has 1 atom stereocenters. The second-order valence-corrected chi connectivity index (χ2v) is 6.44. The number of hydrogen-bond acceptors (Lipinski definition) is 5. The van der Waals surface area contributed by atoms with Crippen molar-refractivity contribution in [2.75, 3.05) is 51.3 Å².